The molecule has 1 atom stereocenters. The normalized spacial score (nSPS) is 20.0. The highest BCUT2D eigenvalue weighted by Gasteiger charge is 2.31. The van der Waals surface area contributed by atoms with Gasteiger partial charge in [-0.25, -0.2) is 0 Å². The molecule has 2 aliphatic rings. The average molecular weight is 321 g/mol. The number of carbonyl (C=O) groups excluding carboxylic acids is 2. The molecule has 1 aromatic rings. The van der Waals surface area contributed by atoms with Crippen LogP contribution in [0, 0.1) is 0 Å². The molecule has 1 heterocycles. The quantitative estimate of drug-likeness (QED) is 0.779. The highest BCUT2D eigenvalue weighted by Crippen LogP contribution is 2.37. The zero-order valence-corrected chi connectivity index (χ0v) is 13.5. The highest BCUT2D eigenvalue weighted by atomic mass is 16.5. The molecule has 0 amide bonds. The molecule has 1 aliphatic carbocycles. The van der Waals surface area contributed by atoms with Crippen LogP contribution >= 0.6 is 0 Å². The van der Waals surface area contributed by atoms with E-state index in [2.05, 4.69) is 0 Å². The van der Waals surface area contributed by atoms with Crippen molar-refractivity contribution < 1.29 is 14.3 Å². The van der Waals surface area contributed by atoms with Gasteiger partial charge in [-0.15, -0.1) is 0 Å². The molecule has 0 saturated carbocycles. The van der Waals surface area contributed by atoms with Crippen molar-refractivity contribution in [1.82, 2.24) is 4.90 Å². The first-order valence-electron chi connectivity index (χ1n) is 7.93. The van der Waals surface area contributed by atoms with Crippen molar-refractivity contribution in [3.63, 3.8) is 0 Å². The Kier molecular flexibility index (Phi) is 4.75. The van der Waals surface area contributed by atoms with E-state index in [0.717, 1.165) is 23.0 Å². The van der Waals surface area contributed by atoms with E-state index in [1.54, 1.807) is 18.5 Å². The molecule has 0 aromatic heterocycles. The van der Waals surface area contributed by atoms with Gasteiger partial charge in [0.25, 0.3) is 0 Å². The van der Waals surface area contributed by atoms with Crippen LogP contribution in [-0.2, 0) is 14.3 Å². The van der Waals surface area contributed by atoms with Gasteiger partial charge in [-0.3, -0.25) is 4.79 Å². The number of hydrogen-bond acceptors (Lipinski definition) is 4. The summed E-state index contributed by atoms with van der Waals surface area (Å²) in [5, 5.41) is 0. The summed E-state index contributed by atoms with van der Waals surface area (Å²) in [4.78, 5) is 25.1. The van der Waals surface area contributed by atoms with Crippen LogP contribution in [0.2, 0.25) is 0 Å². The molecule has 0 bridgehead atoms. The van der Waals surface area contributed by atoms with Crippen LogP contribution in [-0.4, -0.2) is 23.5 Å². The van der Waals surface area contributed by atoms with E-state index in [1.165, 1.54) is 0 Å². The maximum Gasteiger partial charge on any atom is 0.167 e. The molecule has 1 unspecified atom stereocenters. The lowest BCUT2D eigenvalue weighted by atomic mass is 9.80. The molecule has 122 valence electrons. The van der Waals surface area contributed by atoms with E-state index in [0.29, 0.717) is 18.7 Å². The third-order valence-corrected chi connectivity index (χ3v) is 4.13. The van der Waals surface area contributed by atoms with Crippen molar-refractivity contribution in [1.29, 1.82) is 0 Å². The van der Waals surface area contributed by atoms with Gasteiger partial charge in [0.15, 0.2) is 5.78 Å². The van der Waals surface area contributed by atoms with Crippen LogP contribution in [0.5, 0.6) is 0 Å². The van der Waals surface area contributed by atoms with Crippen molar-refractivity contribution >= 4 is 12.1 Å². The molecular formula is C20H19NO3. The summed E-state index contributed by atoms with van der Waals surface area (Å²) >= 11 is 0. The molecule has 4 nitrogen and oxygen atoms in total. The first-order valence-corrected chi connectivity index (χ1v) is 7.93. The molecule has 3 rings (SSSR count). The zero-order valence-electron chi connectivity index (χ0n) is 13.5. The lowest BCUT2D eigenvalue weighted by Crippen LogP contribution is -2.22. The monoisotopic (exact) mass is 321 g/mol. The second-order valence-electron chi connectivity index (χ2n) is 5.77. The second-order valence-corrected chi connectivity index (χ2v) is 5.77. The van der Waals surface area contributed by atoms with Crippen LogP contribution < -0.4 is 0 Å². The van der Waals surface area contributed by atoms with E-state index in [4.69, 9.17) is 4.74 Å². The first kappa shape index (κ1) is 16.0. The number of aldehydes is 1. The van der Waals surface area contributed by atoms with Crippen LogP contribution in [0.15, 0.2) is 78.1 Å². The maximum atomic E-state index is 12.6. The second kappa shape index (κ2) is 7.13. The maximum absolute atomic E-state index is 12.6. The van der Waals surface area contributed by atoms with Crippen molar-refractivity contribution in [3.8, 4) is 0 Å². The van der Waals surface area contributed by atoms with Crippen LogP contribution in [0.3, 0.4) is 0 Å². The van der Waals surface area contributed by atoms with Crippen molar-refractivity contribution in [2.75, 3.05) is 6.54 Å². The minimum atomic E-state index is -0.373. The number of allylic oxidation sites excluding steroid dienone is 4. The summed E-state index contributed by atoms with van der Waals surface area (Å²) in [6.07, 6.45) is 10.0. The Morgan fingerprint density at radius 1 is 1.21 bits per heavy atom. The molecule has 0 N–H and O–H groups in total. The SMILES string of the molecule is CC1=C(C2=CN(CCC=O)C=CO2)C(c2ccccc2)C(=O)C=C1. The number of rotatable bonds is 5. The number of ether oxygens (including phenoxy) is 1. The smallest absolute Gasteiger partial charge is 0.167 e. The lowest BCUT2D eigenvalue weighted by Gasteiger charge is -2.28. The standard InChI is InChI=1S/C20H19NO3/c1-15-8-9-17(23)20(16-6-3-2-4-7-16)19(15)18-14-21(10-5-12-22)11-13-24-18/h2-4,6-9,11-14,20H,5,10H2,1H3. The van der Waals surface area contributed by atoms with Gasteiger partial charge in [-0.2, -0.15) is 0 Å². The van der Waals surface area contributed by atoms with E-state index in [1.807, 2.05) is 54.4 Å². The van der Waals surface area contributed by atoms with E-state index in [-0.39, 0.29) is 11.7 Å². The molecule has 0 saturated heterocycles. The fourth-order valence-corrected chi connectivity index (χ4v) is 2.96. The zero-order chi connectivity index (χ0) is 16.9. The van der Waals surface area contributed by atoms with Gasteiger partial charge in [-0.05, 0) is 24.1 Å². The van der Waals surface area contributed by atoms with Crippen LogP contribution in [0.4, 0.5) is 0 Å². The molecule has 1 aromatic carbocycles. The van der Waals surface area contributed by atoms with Crippen molar-refractivity contribution in [2.24, 2.45) is 0 Å². The molecule has 0 radical (unpaired) electrons. The molecule has 24 heavy (non-hydrogen) atoms. The Morgan fingerprint density at radius 3 is 2.75 bits per heavy atom. The number of hydrogen-bond donors (Lipinski definition) is 0. The van der Waals surface area contributed by atoms with Gasteiger partial charge in [0.2, 0.25) is 0 Å². The largest absolute Gasteiger partial charge is 0.462 e. The minimum Gasteiger partial charge on any atom is -0.462 e. The number of carbonyl (C=O) groups is 2. The molecule has 1 aliphatic heterocycles. The predicted octanol–water partition coefficient (Wildman–Crippen LogP) is 3.46. The minimum absolute atomic E-state index is 0.0419. The first-order chi connectivity index (χ1) is 11.7. The summed E-state index contributed by atoms with van der Waals surface area (Å²) in [6.45, 7) is 2.56. The van der Waals surface area contributed by atoms with Gasteiger partial charge in [-0.1, -0.05) is 36.4 Å². The fraction of sp³-hybridized carbons (Fsp3) is 0.200. The van der Waals surface area contributed by atoms with Gasteiger partial charge in [0.05, 0.1) is 5.92 Å². The van der Waals surface area contributed by atoms with Gasteiger partial charge in [0, 0.05) is 30.9 Å². The lowest BCUT2D eigenvalue weighted by molar-refractivity contribution is -0.115. The van der Waals surface area contributed by atoms with Crippen LogP contribution in [0.25, 0.3) is 0 Å². The average Bonchev–Trinajstić information content (AvgIpc) is 2.62. The van der Waals surface area contributed by atoms with Crippen molar-refractivity contribution in [3.05, 3.63) is 83.6 Å². The Balaban J connectivity index is 1.99. The van der Waals surface area contributed by atoms with Gasteiger partial charge in [0.1, 0.15) is 18.3 Å². The third-order valence-electron chi connectivity index (χ3n) is 4.13. The molecule has 4 heteroatoms. The molecular weight excluding hydrogens is 302 g/mol. The highest BCUT2D eigenvalue weighted by molar-refractivity contribution is 6.00. The van der Waals surface area contributed by atoms with Crippen LogP contribution in [0.1, 0.15) is 24.8 Å². The Morgan fingerprint density at radius 2 is 2.00 bits per heavy atom. The summed E-state index contributed by atoms with van der Waals surface area (Å²) in [5.41, 5.74) is 2.81. The molecule has 0 spiro atoms. The van der Waals surface area contributed by atoms with E-state index >= 15 is 0 Å². The Labute approximate surface area is 141 Å². The predicted molar refractivity (Wildman–Crippen MR) is 91.7 cm³/mol. The Bertz CT molecular complexity index is 756. The van der Waals surface area contributed by atoms with Gasteiger partial charge >= 0.3 is 0 Å². The third kappa shape index (κ3) is 3.23. The summed E-state index contributed by atoms with van der Waals surface area (Å²) in [6, 6.07) is 9.71. The van der Waals surface area contributed by atoms with Crippen molar-refractivity contribution in [2.45, 2.75) is 19.3 Å². The molecule has 0 fully saturated rings. The van der Waals surface area contributed by atoms with E-state index in [9.17, 15) is 9.59 Å². The summed E-state index contributed by atoms with van der Waals surface area (Å²) in [7, 11) is 0. The number of benzene rings is 1. The van der Waals surface area contributed by atoms with Gasteiger partial charge < -0.3 is 14.4 Å². The summed E-state index contributed by atoms with van der Waals surface area (Å²) < 4.78 is 5.70. The topological polar surface area (TPSA) is 46.6 Å². The fourth-order valence-electron chi connectivity index (χ4n) is 2.96. The number of ketones is 1. The number of nitrogens with zero attached hydrogens (tertiary/aromatic N) is 1. The summed E-state index contributed by atoms with van der Waals surface area (Å²) in [5.74, 6) is 0.314. The van der Waals surface area contributed by atoms with E-state index < -0.39 is 0 Å². The Hall–Kier alpha value is -2.88.